The Hall–Kier alpha value is -4.70. The van der Waals surface area contributed by atoms with Crippen LogP contribution >= 0.6 is 0 Å². The molecule has 2 aromatic carbocycles. The van der Waals surface area contributed by atoms with Crippen molar-refractivity contribution in [2.24, 2.45) is 0 Å². The molecule has 0 spiro atoms. The number of nitrogens with zero attached hydrogens (tertiary/aromatic N) is 1. The first-order chi connectivity index (χ1) is 24.2. The Balaban J connectivity index is 0.956. The SMILES string of the molecule is CC(=O)Nc1ccc(OCCOCCOCCOCCOCCCCCC(=O)Nc2cccc3c2C(=O)N(C2CCC(=O)NC2=O)C3=O)cc1. The molecule has 15 nitrogen and oxygen atoms in total. The van der Waals surface area contributed by atoms with Gasteiger partial charge in [-0.25, -0.2) is 0 Å². The van der Waals surface area contributed by atoms with E-state index in [-0.39, 0.29) is 47.9 Å². The Morgan fingerprint density at radius 3 is 2.04 bits per heavy atom. The van der Waals surface area contributed by atoms with Crippen LogP contribution in [0.2, 0.25) is 0 Å². The molecular weight excluding hydrogens is 652 g/mol. The Labute approximate surface area is 290 Å². The molecule has 0 aliphatic carbocycles. The number of amides is 6. The van der Waals surface area contributed by atoms with Gasteiger partial charge in [-0.3, -0.25) is 39.0 Å². The number of benzene rings is 2. The van der Waals surface area contributed by atoms with Gasteiger partial charge in [0.15, 0.2) is 0 Å². The molecule has 50 heavy (non-hydrogen) atoms. The van der Waals surface area contributed by atoms with Gasteiger partial charge in [-0.1, -0.05) is 12.5 Å². The standard InChI is InChI=1S/C35H44N4O11/c1-24(40)36-25-9-11-26(12-10-25)50-23-22-49-21-20-48-19-18-47-17-16-46-15-4-2-3-8-30(41)37-28-7-5-6-27-32(28)35(45)39(34(27)44)29-13-14-31(42)38-33(29)43/h5-7,9-12,29H,2-4,8,13-23H2,1H3,(H,36,40)(H,37,41)(H,38,42,43). The van der Waals surface area contributed by atoms with Crippen molar-refractivity contribution in [3.63, 3.8) is 0 Å². The molecule has 270 valence electrons. The molecule has 1 unspecified atom stereocenters. The zero-order valence-corrected chi connectivity index (χ0v) is 28.2. The highest BCUT2D eigenvalue weighted by Crippen LogP contribution is 2.32. The van der Waals surface area contributed by atoms with Crippen molar-refractivity contribution >= 4 is 46.8 Å². The van der Waals surface area contributed by atoms with E-state index in [1.54, 1.807) is 36.4 Å². The number of carbonyl (C=O) groups is 6. The van der Waals surface area contributed by atoms with Gasteiger partial charge in [-0.05, 0) is 55.7 Å². The molecule has 6 amide bonds. The molecule has 0 bridgehead atoms. The van der Waals surface area contributed by atoms with Crippen molar-refractivity contribution in [1.29, 1.82) is 0 Å². The zero-order chi connectivity index (χ0) is 35.7. The second-order valence-electron chi connectivity index (χ2n) is 11.5. The lowest BCUT2D eigenvalue weighted by Gasteiger charge is -2.27. The summed E-state index contributed by atoms with van der Waals surface area (Å²) in [5.74, 6) is -2.15. The molecule has 1 fully saturated rings. The average molecular weight is 697 g/mol. The van der Waals surface area contributed by atoms with Gasteiger partial charge in [0.05, 0.1) is 63.1 Å². The first-order valence-corrected chi connectivity index (χ1v) is 16.7. The van der Waals surface area contributed by atoms with E-state index in [9.17, 15) is 28.8 Å². The summed E-state index contributed by atoms with van der Waals surface area (Å²) in [6.07, 6.45) is 2.44. The molecule has 0 radical (unpaired) electrons. The molecule has 2 heterocycles. The monoisotopic (exact) mass is 696 g/mol. The summed E-state index contributed by atoms with van der Waals surface area (Å²) < 4.78 is 27.6. The summed E-state index contributed by atoms with van der Waals surface area (Å²) in [6.45, 7) is 5.46. The molecule has 15 heteroatoms. The number of fused-ring (bicyclic) bond motifs is 1. The van der Waals surface area contributed by atoms with Gasteiger partial charge >= 0.3 is 0 Å². The van der Waals surface area contributed by atoms with Crippen LogP contribution in [0.4, 0.5) is 11.4 Å². The van der Waals surface area contributed by atoms with Crippen molar-refractivity contribution < 1.29 is 52.5 Å². The summed E-state index contributed by atoms with van der Waals surface area (Å²) >= 11 is 0. The number of rotatable bonds is 22. The number of unbranched alkanes of at least 4 members (excludes halogenated alkanes) is 2. The molecule has 2 aliphatic rings. The molecule has 1 saturated heterocycles. The molecule has 2 aromatic rings. The molecule has 2 aliphatic heterocycles. The van der Waals surface area contributed by atoms with Crippen LogP contribution in [0, 0.1) is 0 Å². The molecule has 0 aromatic heterocycles. The normalized spacial score (nSPS) is 15.5. The van der Waals surface area contributed by atoms with Crippen LogP contribution < -0.4 is 20.7 Å². The highest BCUT2D eigenvalue weighted by atomic mass is 16.6. The number of carbonyl (C=O) groups excluding carboxylic acids is 6. The van der Waals surface area contributed by atoms with Gasteiger partial charge in [0.1, 0.15) is 18.4 Å². The Morgan fingerprint density at radius 2 is 1.40 bits per heavy atom. The largest absolute Gasteiger partial charge is 0.491 e. The lowest BCUT2D eigenvalue weighted by molar-refractivity contribution is -0.136. The average Bonchev–Trinajstić information content (AvgIpc) is 3.34. The minimum absolute atomic E-state index is 0.0281. The van der Waals surface area contributed by atoms with Crippen LogP contribution in [0.15, 0.2) is 42.5 Å². The third-order valence-electron chi connectivity index (χ3n) is 7.72. The van der Waals surface area contributed by atoms with E-state index < -0.39 is 29.7 Å². The summed E-state index contributed by atoms with van der Waals surface area (Å²) in [5, 5.41) is 7.59. The number of piperidine rings is 1. The van der Waals surface area contributed by atoms with E-state index in [1.807, 2.05) is 0 Å². The third-order valence-corrected chi connectivity index (χ3v) is 7.72. The number of nitrogens with one attached hydrogen (secondary N) is 3. The predicted molar refractivity (Wildman–Crippen MR) is 180 cm³/mol. The van der Waals surface area contributed by atoms with Crippen molar-refractivity contribution in [3.8, 4) is 5.75 Å². The number of hydrogen-bond acceptors (Lipinski definition) is 11. The fraction of sp³-hybridized carbons (Fsp3) is 0.486. The first kappa shape index (κ1) is 38.1. The molecule has 0 saturated carbocycles. The first-order valence-electron chi connectivity index (χ1n) is 16.7. The number of imide groups is 2. The molecular formula is C35H44N4O11. The second-order valence-corrected chi connectivity index (χ2v) is 11.5. The Kier molecular flexibility index (Phi) is 15.3. The van der Waals surface area contributed by atoms with Crippen molar-refractivity contribution in [1.82, 2.24) is 10.2 Å². The topological polar surface area (TPSA) is 188 Å². The summed E-state index contributed by atoms with van der Waals surface area (Å²) in [5.41, 5.74) is 1.09. The fourth-order valence-corrected chi connectivity index (χ4v) is 5.32. The van der Waals surface area contributed by atoms with Crippen LogP contribution in [0.1, 0.15) is 66.2 Å². The van der Waals surface area contributed by atoms with E-state index >= 15 is 0 Å². The fourth-order valence-electron chi connectivity index (χ4n) is 5.32. The predicted octanol–water partition coefficient (Wildman–Crippen LogP) is 2.69. The summed E-state index contributed by atoms with van der Waals surface area (Å²) in [6, 6.07) is 10.6. The van der Waals surface area contributed by atoms with Crippen LogP contribution in [-0.4, -0.2) is 106 Å². The maximum atomic E-state index is 13.2. The van der Waals surface area contributed by atoms with Crippen LogP contribution in [0.5, 0.6) is 5.75 Å². The van der Waals surface area contributed by atoms with Gasteiger partial charge < -0.3 is 34.3 Å². The van der Waals surface area contributed by atoms with Gasteiger partial charge in [0.2, 0.25) is 23.6 Å². The highest BCUT2D eigenvalue weighted by molar-refractivity contribution is 6.26. The maximum absolute atomic E-state index is 13.2. The van der Waals surface area contributed by atoms with Crippen LogP contribution in [-0.2, 0) is 38.1 Å². The van der Waals surface area contributed by atoms with Crippen molar-refractivity contribution in [2.75, 3.05) is 70.1 Å². The lowest BCUT2D eigenvalue weighted by atomic mass is 10.0. The van der Waals surface area contributed by atoms with E-state index in [1.165, 1.54) is 13.0 Å². The smallest absolute Gasteiger partial charge is 0.264 e. The minimum Gasteiger partial charge on any atom is -0.491 e. The number of ether oxygens (including phenoxy) is 5. The van der Waals surface area contributed by atoms with E-state index in [0.29, 0.717) is 77.3 Å². The molecule has 3 N–H and O–H groups in total. The Bertz CT molecular complexity index is 1500. The van der Waals surface area contributed by atoms with Crippen LogP contribution in [0.25, 0.3) is 0 Å². The quantitative estimate of drug-likeness (QED) is 0.121. The van der Waals surface area contributed by atoms with Crippen LogP contribution in [0.3, 0.4) is 0 Å². The minimum atomic E-state index is -1.07. The van der Waals surface area contributed by atoms with E-state index in [2.05, 4.69) is 16.0 Å². The second kappa shape index (κ2) is 20.1. The summed E-state index contributed by atoms with van der Waals surface area (Å²) in [4.78, 5) is 74.5. The van der Waals surface area contributed by atoms with E-state index in [4.69, 9.17) is 23.7 Å². The Morgan fingerprint density at radius 1 is 0.760 bits per heavy atom. The maximum Gasteiger partial charge on any atom is 0.264 e. The summed E-state index contributed by atoms with van der Waals surface area (Å²) in [7, 11) is 0. The van der Waals surface area contributed by atoms with Gasteiger partial charge in [-0.15, -0.1) is 0 Å². The van der Waals surface area contributed by atoms with Crippen molar-refractivity contribution in [3.05, 3.63) is 53.6 Å². The zero-order valence-electron chi connectivity index (χ0n) is 28.2. The number of hydrogen-bond donors (Lipinski definition) is 3. The van der Waals surface area contributed by atoms with Gasteiger partial charge in [0.25, 0.3) is 11.8 Å². The van der Waals surface area contributed by atoms with Crippen molar-refractivity contribution in [2.45, 2.75) is 51.5 Å². The van der Waals surface area contributed by atoms with Gasteiger partial charge in [-0.2, -0.15) is 0 Å². The van der Waals surface area contributed by atoms with E-state index in [0.717, 1.165) is 17.7 Å². The lowest BCUT2D eigenvalue weighted by Crippen LogP contribution is -2.54. The molecule has 4 rings (SSSR count). The van der Waals surface area contributed by atoms with Gasteiger partial charge in [0, 0.05) is 32.1 Å². The number of anilines is 2. The highest BCUT2D eigenvalue weighted by Gasteiger charge is 2.45. The third kappa shape index (κ3) is 11.7. The molecule has 1 atom stereocenters.